The highest BCUT2D eigenvalue weighted by Gasteiger charge is 2.36. The van der Waals surface area contributed by atoms with Gasteiger partial charge >= 0.3 is 0 Å². The lowest BCUT2D eigenvalue weighted by Gasteiger charge is -2.38. The number of carbonyl (C=O) groups is 3. The number of benzene rings is 3. The highest BCUT2D eigenvalue weighted by atomic mass is 35.5. The van der Waals surface area contributed by atoms with Gasteiger partial charge in [0.25, 0.3) is 5.91 Å². The number of fused-ring (bicyclic) bond motifs is 2. The summed E-state index contributed by atoms with van der Waals surface area (Å²) in [6, 6.07) is 22.2. The van der Waals surface area contributed by atoms with Crippen LogP contribution in [0.15, 0.2) is 79.0 Å². The summed E-state index contributed by atoms with van der Waals surface area (Å²) in [6.45, 7) is 2.35. The Balaban J connectivity index is 1.24. The molecule has 0 spiro atoms. The molecular weight excluding hydrogens is 586 g/mol. The molecule has 1 fully saturated rings. The Kier molecular flexibility index (Phi) is 9.24. The van der Waals surface area contributed by atoms with E-state index in [0.29, 0.717) is 49.5 Å². The minimum Gasteiger partial charge on any atom is -0.361 e. The van der Waals surface area contributed by atoms with Gasteiger partial charge in [0, 0.05) is 71.9 Å². The zero-order chi connectivity index (χ0) is 31.5. The fourth-order valence-corrected chi connectivity index (χ4v) is 7.11. The standard InChI is InChI=1S/C36H40ClN5O3/c1-40(2)22-24-19-29-30(37)12-8-14-33(29)42(23-24)36(45)32(20-27-21-38-31-13-7-6-11-28(27)31)39-34(43)25-15-17-41(18-16-25)35(44)26-9-4-3-5-10-26/h3-14,21,24-25,32,38H,15-20,22-23H2,1-2H3,(H,39,43)/t24-,32+/m1/s1. The molecule has 2 aliphatic rings. The lowest BCUT2D eigenvalue weighted by atomic mass is 9.90. The van der Waals surface area contributed by atoms with E-state index in [0.717, 1.165) is 40.7 Å². The van der Waals surface area contributed by atoms with Crippen molar-refractivity contribution in [1.29, 1.82) is 0 Å². The van der Waals surface area contributed by atoms with Gasteiger partial charge in [-0.05, 0) is 80.7 Å². The molecule has 0 radical (unpaired) electrons. The largest absolute Gasteiger partial charge is 0.361 e. The number of aromatic amines is 1. The zero-order valence-corrected chi connectivity index (χ0v) is 26.6. The third-order valence-electron chi connectivity index (χ3n) is 9.10. The Morgan fingerprint density at radius 3 is 2.47 bits per heavy atom. The molecular formula is C36H40ClN5O3. The summed E-state index contributed by atoms with van der Waals surface area (Å²) in [5.41, 5.74) is 4.40. The van der Waals surface area contributed by atoms with Crippen LogP contribution in [0.1, 0.15) is 34.3 Å². The van der Waals surface area contributed by atoms with Crippen LogP contribution in [0.5, 0.6) is 0 Å². The van der Waals surface area contributed by atoms with Crippen LogP contribution < -0.4 is 10.2 Å². The Morgan fingerprint density at radius 1 is 0.978 bits per heavy atom. The van der Waals surface area contributed by atoms with E-state index in [-0.39, 0.29) is 29.6 Å². The van der Waals surface area contributed by atoms with Crippen LogP contribution in [0.4, 0.5) is 5.69 Å². The van der Waals surface area contributed by atoms with E-state index >= 15 is 0 Å². The van der Waals surface area contributed by atoms with Crippen LogP contribution >= 0.6 is 11.6 Å². The molecule has 0 bridgehead atoms. The number of rotatable bonds is 8. The van der Waals surface area contributed by atoms with Gasteiger partial charge < -0.3 is 25.0 Å². The Labute approximate surface area is 269 Å². The van der Waals surface area contributed by atoms with Crippen molar-refractivity contribution < 1.29 is 14.4 Å². The van der Waals surface area contributed by atoms with Crippen molar-refractivity contribution in [3.8, 4) is 0 Å². The first kappa shape index (κ1) is 30.9. The molecule has 3 amide bonds. The van der Waals surface area contributed by atoms with Crippen molar-refractivity contribution >= 4 is 45.9 Å². The van der Waals surface area contributed by atoms with Gasteiger partial charge in [-0.3, -0.25) is 14.4 Å². The fraction of sp³-hybridized carbons (Fsp3) is 0.361. The van der Waals surface area contributed by atoms with E-state index in [1.165, 1.54) is 0 Å². The van der Waals surface area contributed by atoms with Gasteiger partial charge in [0.2, 0.25) is 11.8 Å². The Morgan fingerprint density at radius 2 is 1.71 bits per heavy atom. The maximum absolute atomic E-state index is 14.6. The molecule has 2 atom stereocenters. The molecule has 8 nitrogen and oxygen atoms in total. The molecule has 6 rings (SSSR count). The van der Waals surface area contributed by atoms with Crippen LogP contribution in [-0.2, 0) is 22.4 Å². The number of para-hydroxylation sites is 1. The number of likely N-dealkylation sites (tertiary alicyclic amines) is 1. The number of aromatic nitrogens is 1. The first-order chi connectivity index (χ1) is 21.8. The Hall–Kier alpha value is -4.14. The maximum atomic E-state index is 14.6. The fourth-order valence-electron chi connectivity index (χ4n) is 6.87. The van der Waals surface area contributed by atoms with E-state index in [1.807, 2.05) is 103 Å². The van der Waals surface area contributed by atoms with Crippen molar-refractivity contribution in [3.63, 3.8) is 0 Å². The number of nitrogens with zero attached hydrogens (tertiary/aromatic N) is 3. The molecule has 2 aliphatic heterocycles. The second-order valence-electron chi connectivity index (χ2n) is 12.6. The van der Waals surface area contributed by atoms with Crippen LogP contribution in [0, 0.1) is 11.8 Å². The molecule has 0 aliphatic carbocycles. The van der Waals surface area contributed by atoms with Gasteiger partial charge in [-0.1, -0.05) is 54.1 Å². The third kappa shape index (κ3) is 6.77. The SMILES string of the molecule is CN(C)C[C@H]1Cc2c(Cl)cccc2N(C(=O)[C@H](Cc2c[nH]c3ccccc23)NC(=O)C2CCN(C(=O)c3ccccc3)CC2)C1. The lowest BCUT2D eigenvalue weighted by Crippen LogP contribution is -2.54. The highest BCUT2D eigenvalue weighted by Crippen LogP contribution is 2.36. The summed E-state index contributed by atoms with van der Waals surface area (Å²) < 4.78 is 0. The van der Waals surface area contributed by atoms with E-state index < -0.39 is 6.04 Å². The first-order valence-corrected chi connectivity index (χ1v) is 16.1. The minimum absolute atomic E-state index is 0.0171. The number of carbonyl (C=O) groups excluding carboxylic acids is 3. The predicted molar refractivity (Wildman–Crippen MR) is 179 cm³/mol. The van der Waals surface area contributed by atoms with Crippen LogP contribution in [0.2, 0.25) is 5.02 Å². The van der Waals surface area contributed by atoms with Gasteiger partial charge in [0.1, 0.15) is 6.04 Å². The number of piperidine rings is 1. The molecule has 3 heterocycles. The summed E-state index contributed by atoms with van der Waals surface area (Å²) in [4.78, 5) is 50.5. The monoisotopic (exact) mass is 625 g/mol. The van der Waals surface area contributed by atoms with Crippen molar-refractivity contribution in [3.05, 3.63) is 101 Å². The number of amides is 3. The molecule has 2 N–H and O–H groups in total. The number of H-pyrrole nitrogens is 1. The van der Waals surface area contributed by atoms with Crippen LogP contribution in [0.25, 0.3) is 10.9 Å². The van der Waals surface area contributed by atoms with Crippen LogP contribution in [-0.4, -0.2) is 78.8 Å². The van der Waals surface area contributed by atoms with E-state index in [4.69, 9.17) is 11.6 Å². The molecule has 234 valence electrons. The summed E-state index contributed by atoms with van der Waals surface area (Å²) in [7, 11) is 4.07. The van der Waals surface area contributed by atoms with Crippen molar-refractivity contribution in [2.75, 3.05) is 45.2 Å². The summed E-state index contributed by atoms with van der Waals surface area (Å²) in [5.74, 6) is -0.387. The normalized spacial score (nSPS) is 17.7. The van der Waals surface area contributed by atoms with Gasteiger partial charge in [-0.2, -0.15) is 0 Å². The van der Waals surface area contributed by atoms with Crippen molar-refractivity contribution in [1.82, 2.24) is 20.1 Å². The number of hydrogen-bond acceptors (Lipinski definition) is 4. The predicted octanol–water partition coefficient (Wildman–Crippen LogP) is 5.17. The smallest absolute Gasteiger partial charge is 0.253 e. The molecule has 1 saturated heterocycles. The third-order valence-corrected chi connectivity index (χ3v) is 9.45. The topological polar surface area (TPSA) is 88.8 Å². The molecule has 45 heavy (non-hydrogen) atoms. The second-order valence-corrected chi connectivity index (χ2v) is 13.0. The molecule has 1 aromatic heterocycles. The zero-order valence-electron chi connectivity index (χ0n) is 25.8. The molecule has 4 aromatic rings. The van der Waals surface area contributed by atoms with Gasteiger partial charge in [-0.25, -0.2) is 0 Å². The summed E-state index contributed by atoms with van der Waals surface area (Å²) >= 11 is 6.68. The number of nitrogens with one attached hydrogen (secondary N) is 2. The van der Waals surface area contributed by atoms with Crippen molar-refractivity contribution in [2.24, 2.45) is 11.8 Å². The Bertz CT molecular complexity index is 1680. The van der Waals surface area contributed by atoms with E-state index in [1.54, 1.807) is 0 Å². The number of halogens is 1. The van der Waals surface area contributed by atoms with Gasteiger partial charge in [0.05, 0.1) is 0 Å². The lowest BCUT2D eigenvalue weighted by molar-refractivity contribution is -0.131. The second kappa shape index (κ2) is 13.5. The minimum atomic E-state index is -0.773. The summed E-state index contributed by atoms with van der Waals surface area (Å²) in [6.07, 6.45) is 4.17. The average molecular weight is 626 g/mol. The van der Waals surface area contributed by atoms with Gasteiger partial charge in [0.15, 0.2) is 0 Å². The number of hydrogen-bond donors (Lipinski definition) is 2. The number of anilines is 1. The molecule has 0 unspecified atom stereocenters. The molecule has 3 aromatic carbocycles. The highest BCUT2D eigenvalue weighted by molar-refractivity contribution is 6.32. The average Bonchev–Trinajstić information content (AvgIpc) is 3.46. The van der Waals surface area contributed by atoms with E-state index in [2.05, 4.69) is 15.2 Å². The maximum Gasteiger partial charge on any atom is 0.253 e. The van der Waals surface area contributed by atoms with E-state index in [9.17, 15) is 14.4 Å². The van der Waals surface area contributed by atoms with Crippen molar-refractivity contribution in [2.45, 2.75) is 31.7 Å². The molecule has 9 heteroatoms. The molecule has 0 saturated carbocycles. The van der Waals surface area contributed by atoms with Gasteiger partial charge in [-0.15, -0.1) is 0 Å². The first-order valence-electron chi connectivity index (χ1n) is 15.7. The van der Waals surface area contributed by atoms with Crippen LogP contribution in [0.3, 0.4) is 0 Å². The summed E-state index contributed by atoms with van der Waals surface area (Å²) in [5, 5.41) is 4.86. The quantitative estimate of drug-likeness (QED) is 0.283.